The first-order valence-electron chi connectivity index (χ1n) is 6.16. The molecule has 1 aromatic carbocycles. The second-order valence-electron chi connectivity index (χ2n) is 5.45. The highest BCUT2D eigenvalue weighted by Crippen LogP contribution is 2.33. The summed E-state index contributed by atoms with van der Waals surface area (Å²) >= 11 is 0. The number of carboxylic acid groups (broad SMARTS) is 1. The molecular weight excluding hydrogens is 230 g/mol. The van der Waals surface area contributed by atoms with Gasteiger partial charge in [-0.3, -0.25) is 4.79 Å². The maximum atomic E-state index is 10.7. The maximum Gasteiger partial charge on any atom is 0.320 e. The van der Waals surface area contributed by atoms with Crippen molar-refractivity contribution in [1.29, 1.82) is 0 Å². The molecule has 98 valence electrons. The minimum absolute atomic E-state index is 0.152. The Hall–Kier alpha value is -1.55. The molecule has 1 heterocycles. The Bertz CT molecular complexity index is 468. The largest absolute Gasteiger partial charge is 0.488 e. The number of fused-ring (bicyclic) bond motifs is 1. The van der Waals surface area contributed by atoms with Gasteiger partial charge in [0.15, 0.2) is 0 Å². The van der Waals surface area contributed by atoms with Gasteiger partial charge in [0.1, 0.15) is 17.4 Å². The Balaban J connectivity index is 2.19. The van der Waals surface area contributed by atoms with E-state index in [-0.39, 0.29) is 5.60 Å². The van der Waals surface area contributed by atoms with E-state index in [0.29, 0.717) is 6.42 Å². The molecule has 0 radical (unpaired) electrons. The number of carbonyl (C=O) groups is 1. The van der Waals surface area contributed by atoms with Crippen LogP contribution in [0.4, 0.5) is 0 Å². The minimum atomic E-state index is -0.978. The molecular formula is C14H19NO3. The maximum absolute atomic E-state index is 10.7. The molecule has 1 atom stereocenters. The monoisotopic (exact) mass is 249 g/mol. The van der Waals surface area contributed by atoms with Crippen LogP contribution in [0, 0.1) is 0 Å². The number of carboxylic acids is 1. The van der Waals surface area contributed by atoms with Crippen molar-refractivity contribution in [1.82, 2.24) is 0 Å². The smallest absolute Gasteiger partial charge is 0.320 e. The molecule has 0 spiro atoms. The van der Waals surface area contributed by atoms with Crippen LogP contribution in [0.5, 0.6) is 5.75 Å². The van der Waals surface area contributed by atoms with Gasteiger partial charge in [0.25, 0.3) is 0 Å². The number of hydrogen-bond donors (Lipinski definition) is 2. The van der Waals surface area contributed by atoms with Gasteiger partial charge < -0.3 is 15.6 Å². The molecule has 1 aliphatic rings. The van der Waals surface area contributed by atoms with Crippen LogP contribution < -0.4 is 10.5 Å². The highest BCUT2D eigenvalue weighted by atomic mass is 16.5. The van der Waals surface area contributed by atoms with Crippen molar-refractivity contribution in [3.63, 3.8) is 0 Å². The fourth-order valence-electron chi connectivity index (χ4n) is 2.15. The summed E-state index contributed by atoms with van der Waals surface area (Å²) in [7, 11) is 0. The van der Waals surface area contributed by atoms with E-state index in [0.717, 1.165) is 24.2 Å². The van der Waals surface area contributed by atoms with Crippen molar-refractivity contribution < 1.29 is 14.6 Å². The molecule has 1 aromatic rings. The molecule has 0 aromatic heterocycles. The van der Waals surface area contributed by atoms with E-state index in [1.54, 1.807) is 0 Å². The number of aliphatic carboxylic acids is 1. The van der Waals surface area contributed by atoms with Crippen LogP contribution in [0.25, 0.3) is 0 Å². The van der Waals surface area contributed by atoms with E-state index in [2.05, 4.69) is 13.8 Å². The SMILES string of the molecule is CC1(C)CCc2ccc(CC(N)C(=O)O)cc2O1. The predicted molar refractivity (Wildman–Crippen MR) is 68.8 cm³/mol. The Kier molecular flexibility index (Phi) is 3.30. The van der Waals surface area contributed by atoms with Crippen LogP contribution >= 0.6 is 0 Å². The van der Waals surface area contributed by atoms with Crippen LogP contribution in [-0.2, 0) is 17.6 Å². The van der Waals surface area contributed by atoms with E-state index in [9.17, 15) is 4.79 Å². The summed E-state index contributed by atoms with van der Waals surface area (Å²) in [5, 5.41) is 8.81. The summed E-state index contributed by atoms with van der Waals surface area (Å²) in [6.45, 7) is 4.12. The Morgan fingerprint density at radius 1 is 1.56 bits per heavy atom. The Morgan fingerprint density at radius 2 is 2.28 bits per heavy atom. The van der Waals surface area contributed by atoms with E-state index >= 15 is 0 Å². The Labute approximate surface area is 107 Å². The van der Waals surface area contributed by atoms with Crippen molar-refractivity contribution in [2.75, 3.05) is 0 Å². The van der Waals surface area contributed by atoms with Crippen molar-refractivity contribution in [2.24, 2.45) is 5.73 Å². The zero-order valence-corrected chi connectivity index (χ0v) is 10.8. The molecule has 4 nitrogen and oxygen atoms in total. The summed E-state index contributed by atoms with van der Waals surface area (Å²) in [6.07, 6.45) is 2.31. The van der Waals surface area contributed by atoms with Crippen molar-refractivity contribution >= 4 is 5.97 Å². The second kappa shape index (κ2) is 4.61. The molecule has 18 heavy (non-hydrogen) atoms. The third-order valence-corrected chi connectivity index (χ3v) is 3.29. The first-order chi connectivity index (χ1) is 8.37. The zero-order chi connectivity index (χ0) is 13.3. The van der Waals surface area contributed by atoms with Gasteiger partial charge in [-0.1, -0.05) is 12.1 Å². The summed E-state index contributed by atoms with van der Waals surface area (Å²) in [5.41, 5.74) is 7.47. The second-order valence-corrected chi connectivity index (χ2v) is 5.45. The highest BCUT2D eigenvalue weighted by Gasteiger charge is 2.26. The summed E-state index contributed by atoms with van der Waals surface area (Å²) in [6, 6.07) is 5.00. The lowest BCUT2D eigenvalue weighted by Crippen LogP contribution is -2.33. The molecule has 0 saturated heterocycles. The van der Waals surface area contributed by atoms with Crippen LogP contribution in [0.3, 0.4) is 0 Å². The number of hydrogen-bond acceptors (Lipinski definition) is 3. The molecule has 4 heteroatoms. The quantitative estimate of drug-likeness (QED) is 0.856. The fourth-order valence-corrected chi connectivity index (χ4v) is 2.15. The van der Waals surface area contributed by atoms with Crippen molar-refractivity contribution in [2.45, 2.75) is 44.8 Å². The first kappa shape index (κ1) is 12.9. The van der Waals surface area contributed by atoms with Gasteiger partial charge in [-0.2, -0.15) is 0 Å². The van der Waals surface area contributed by atoms with Crippen molar-refractivity contribution in [3.05, 3.63) is 29.3 Å². The molecule has 0 amide bonds. The lowest BCUT2D eigenvalue weighted by Gasteiger charge is -2.32. The number of rotatable bonds is 3. The molecule has 0 saturated carbocycles. The lowest BCUT2D eigenvalue weighted by molar-refractivity contribution is -0.138. The topological polar surface area (TPSA) is 72.6 Å². The van der Waals surface area contributed by atoms with E-state index < -0.39 is 12.0 Å². The summed E-state index contributed by atoms with van der Waals surface area (Å²) in [4.78, 5) is 10.7. The van der Waals surface area contributed by atoms with Crippen LogP contribution in [-0.4, -0.2) is 22.7 Å². The van der Waals surface area contributed by atoms with E-state index in [1.165, 1.54) is 5.56 Å². The Morgan fingerprint density at radius 3 is 2.94 bits per heavy atom. The molecule has 0 bridgehead atoms. The molecule has 0 fully saturated rings. The normalized spacial score (nSPS) is 18.6. The molecule has 1 unspecified atom stereocenters. The van der Waals surface area contributed by atoms with Gasteiger partial charge in [0.2, 0.25) is 0 Å². The third-order valence-electron chi connectivity index (χ3n) is 3.29. The first-order valence-corrected chi connectivity index (χ1v) is 6.16. The van der Waals surface area contributed by atoms with E-state index in [1.807, 2.05) is 18.2 Å². The van der Waals surface area contributed by atoms with Gasteiger partial charge in [-0.15, -0.1) is 0 Å². The van der Waals surface area contributed by atoms with E-state index in [4.69, 9.17) is 15.6 Å². The third kappa shape index (κ3) is 2.82. The van der Waals surface area contributed by atoms with Crippen LogP contribution in [0.1, 0.15) is 31.4 Å². The number of aryl methyl sites for hydroxylation is 1. The average Bonchev–Trinajstić information content (AvgIpc) is 2.27. The predicted octanol–water partition coefficient (Wildman–Crippen LogP) is 1.74. The van der Waals surface area contributed by atoms with Gasteiger partial charge in [0, 0.05) is 0 Å². The lowest BCUT2D eigenvalue weighted by atomic mass is 9.93. The number of nitrogens with two attached hydrogens (primary N) is 1. The van der Waals surface area contributed by atoms with Gasteiger partial charge >= 0.3 is 5.97 Å². The van der Waals surface area contributed by atoms with Crippen LogP contribution in [0.2, 0.25) is 0 Å². The fraction of sp³-hybridized carbons (Fsp3) is 0.500. The van der Waals surface area contributed by atoms with Crippen LogP contribution in [0.15, 0.2) is 18.2 Å². The number of benzene rings is 1. The molecule has 3 N–H and O–H groups in total. The van der Waals surface area contributed by atoms with Gasteiger partial charge in [-0.25, -0.2) is 0 Å². The standard InChI is InChI=1S/C14H19NO3/c1-14(2)6-5-10-4-3-9(8-12(10)18-14)7-11(15)13(16)17/h3-4,8,11H,5-7,15H2,1-2H3,(H,16,17). The summed E-state index contributed by atoms with van der Waals surface area (Å²) in [5.74, 6) is -0.115. The average molecular weight is 249 g/mol. The minimum Gasteiger partial charge on any atom is -0.488 e. The summed E-state index contributed by atoms with van der Waals surface area (Å²) < 4.78 is 5.91. The number of ether oxygens (including phenoxy) is 1. The molecule has 0 aliphatic carbocycles. The van der Waals surface area contributed by atoms with Crippen molar-refractivity contribution in [3.8, 4) is 5.75 Å². The molecule has 2 rings (SSSR count). The van der Waals surface area contributed by atoms with Gasteiger partial charge in [0.05, 0.1) is 0 Å². The molecule has 1 aliphatic heterocycles. The van der Waals surface area contributed by atoms with Gasteiger partial charge in [-0.05, 0) is 50.3 Å². The zero-order valence-electron chi connectivity index (χ0n) is 10.8. The highest BCUT2D eigenvalue weighted by molar-refractivity contribution is 5.73.